The lowest BCUT2D eigenvalue weighted by Gasteiger charge is -2.21. The molecule has 0 spiro atoms. The maximum absolute atomic E-state index is 10.5. The van der Waals surface area contributed by atoms with Crippen molar-refractivity contribution in [2.24, 2.45) is 0 Å². The van der Waals surface area contributed by atoms with E-state index in [4.69, 9.17) is 14.7 Å². The fraction of sp³-hybridized carbons (Fsp3) is 0.500. The number of hydrogen-bond donors (Lipinski definition) is 1. The van der Waals surface area contributed by atoms with E-state index >= 15 is 0 Å². The van der Waals surface area contributed by atoms with E-state index in [2.05, 4.69) is 4.90 Å². The molecule has 1 saturated heterocycles. The van der Waals surface area contributed by atoms with E-state index in [1.165, 1.54) is 24.1 Å². The van der Waals surface area contributed by atoms with E-state index in [1.807, 2.05) is 30.3 Å². The van der Waals surface area contributed by atoms with Crippen LogP contribution in [-0.4, -0.2) is 40.4 Å². The number of fused-ring (bicyclic) bond motifs is 1. The van der Waals surface area contributed by atoms with Crippen LogP contribution in [0.1, 0.15) is 42.3 Å². The highest BCUT2D eigenvalue weighted by molar-refractivity contribution is 5.53. The molecule has 0 bridgehead atoms. The fourth-order valence-corrected chi connectivity index (χ4v) is 3.94. The fourth-order valence-electron chi connectivity index (χ4n) is 3.94. The van der Waals surface area contributed by atoms with Crippen LogP contribution in [0, 0.1) is 0 Å². The number of nitrogens with zero attached hydrogens (tertiary/aromatic N) is 3. The number of rotatable bonds is 4. The molecular formula is C20H23N3O2. The molecule has 25 heavy (non-hydrogen) atoms. The molecule has 0 radical (unpaired) electrons. The summed E-state index contributed by atoms with van der Waals surface area (Å²) in [4.78, 5) is 11.9. The first kappa shape index (κ1) is 15.1. The summed E-state index contributed by atoms with van der Waals surface area (Å²) in [5, 5.41) is 10.5. The summed E-state index contributed by atoms with van der Waals surface area (Å²) in [6.45, 7) is 1.24. The molecule has 0 amide bonds. The van der Waals surface area contributed by atoms with Crippen LogP contribution in [0.2, 0.25) is 0 Å². The Hall–Kier alpha value is -2.14. The third kappa shape index (κ3) is 2.86. The lowest BCUT2D eigenvalue weighted by molar-refractivity contribution is 0.0738. The summed E-state index contributed by atoms with van der Waals surface area (Å²) in [5.74, 6) is 3.41. The summed E-state index contributed by atoms with van der Waals surface area (Å²) in [7, 11) is 0. The van der Waals surface area contributed by atoms with E-state index < -0.39 is 6.10 Å². The van der Waals surface area contributed by atoms with Gasteiger partial charge in [0.25, 0.3) is 0 Å². The Bertz CT molecular complexity index is 776. The van der Waals surface area contributed by atoms with Gasteiger partial charge in [-0.2, -0.15) is 0 Å². The van der Waals surface area contributed by atoms with Gasteiger partial charge in [-0.15, -0.1) is 0 Å². The first-order chi connectivity index (χ1) is 12.3. The van der Waals surface area contributed by atoms with E-state index in [0.29, 0.717) is 19.0 Å². The van der Waals surface area contributed by atoms with Crippen molar-refractivity contribution < 1.29 is 9.84 Å². The van der Waals surface area contributed by atoms with Crippen molar-refractivity contribution in [1.29, 1.82) is 0 Å². The smallest absolute Gasteiger partial charge is 0.144 e. The second-order valence-corrected chi connectivity index (χ2v) is 7.40. The van der Waals surface area contributed by atoms with Crippen LogP contribution in [-0.2, 0) is 12.8 Å². The van der Waals surface area contributed by atoms with Gasteiger partial charge in [-0.3, -0.25) is 0 Å². The second kappa shape index (κ2) is 5.99. The van der Waals surface area contributed by atoms with Crippen molar-refractivity contribution in [1.82, 2.24) is 9.97 Å². The number of para-hydroxylation sites is 1. The van der Waals surface area contributed by atoms with Crippen LogP contribution in [0.3, 0.4) is 0 Å². The van der Waals surface area contributed by atoms with Crippen LogP contribution in [0.5, 0.6) is 5.75 Å². The standard InChI is InChI=1S/C20H23N3O2/c24-17-11-23(12-18(17)25-14-5-2-1-3-6-14)20-15-7-4-8-16(15)21-19(22-20)13-9-10-13/h1-3,5-6,13,17-18,24H,4,7-12H2/t17-,18-/m1/s1. The van der Waals surface area contributed by atoms with Gasteiger partial charge in [-0.25, -0.2) is 9.97 Å². The number of benzene rings is 1. The van der Waals surface area contributed by atoms with Gasteiger partial charge in [-0.1, -0.05) is 18.2 Å². The number of aliphatic hydroxyl groups is 1. The molecule has 5 nitrogen and oxygen atoms in total. The Labute approximate surface area is 147 Å². The zero-order valence-corrected chi connectivity index (χ0v) is 14.3. The molecule has 130 valence electrons. The van der Waals surface area contributed by atoms with Gasteiger partial charge in [0.05, 0.1) is 6.54 Å². The monoisotopic (exact) mass is 337 g/mol. The molecule has 3 aliphatic rings. The molecule has 1 aliphatic heterocycles. The van der Waals surface area contributed by atoms with E-state index in [-0.39, 0.29) is 6.10 Å². The van der Waals surface area contributed by atoms with E-state index in [9.17, 15) is 5.11 Å². The molecule has 1 saturated carbocycles. The van der Waals surface area contributed by atoms with E-state index in [0.717, 1.165) is 36.7 Å². The highest BCUT2D eigenvalue weighted by atomic mass is 16.5. The Balaban J connectivity index is 1.41. The van der Waals surface area contributed by atoms with Gasteiger partial charge in [0.2, 0.25) is 0 Å². The molecule has 2 aromatic rings. The minimum atomic E-state index is -0.503. The maximum atomic E-state index is 10.5. The first-order valence-electron chi connectivity index (χ1n) is 9.32. The largest absolute Gasteiger partial charge is 0.486 e. The van der Waals surface area contributed by atoms with Crippen LogP contribution in [0.4, 0.5) is 5.82 Å². The topological polar surface area (TPSA) is 58.5 Å². The number of β-amino-alcohol motifs (C(OH)–C–C–N with tert-alkyl or cyclic N) is 1. The van der Waals surface area contributed by atoms with Crippen LogP contribution < -0.4 is 9.64 Å². The predicted octanol–water partition coefficient (Wildman–Crippen LogP) is 2.47. The molecule has 5 rings (SSSR count). The molecular weight excluding hydrogens is 314 g/mol. The van der Waals surface area contributed by atoms with Gasteiger partial charge < -0.3 is 14.7 Å². The summed E-state index contributed by atoms with van der Waals surface area (Å²) < 4.78 is 6.01. The van der Waals surface area contributed by atoms with Crippen molar-refractivity contribution in [2.45, 2.75) is 50.2 Å². The number of aliphatic hydroxyl groups excluding tert-OH is 1. The third-order valence-corrected chi connectivity index (χ3v) is 5.44. The highest BCUT2D eigenvalue weighted by Crippen LogP contribution is 2.41. The molecule has 1 aromatic heterocycles. The number of anilines is 1. The Morgan fingerprint density at radius 2 is 1.88 bits per heavy atom. The minimum absolute atomic E-state index is 0.223. The molecule has 1 aromatic carbocycles. The minimum Gasteiger partial charge on any atom is -0.486 e. The lowest BCUT2D eigenvalue weighted by Crippen LogP contribution is -2.30. The van der Waals surface area contributed by atoms with Crippen LogP contribution in [0.15, 0.2) is 30.3 Å². The Morgan fingerprint density at radius 1 is 1.04 bits per heavy atom. The SMILES string of the molecule is O[C@@H]1CN(c2nc(C3CC3)nc3c2CCC3)C[C@H]1Oc1ccccc1. The van der Waals surface area contributed by atoms with Crippen molar-refractivity contribution in [3.8, 4) is 5.75 Å². The number of ether oxygens (including phenoxy) is 1. The molecule has 5 heteroatoms. The number of hydrogen-bond acceptors (Lipinski definition) is 5. The Kier molecular flexibility index (Phi) is 3.63. The van der Waals surface area contributed by atoms with E-state index in [1.54, 1.807) is 0 Å². The molecule has 0 unspecified atom stereocenters. The Morgan fingerprint density at radius 3 is 2.68 bits per heavy atom. The normalized spacial score (nSPS) is 25.2. The molecule has 2 aliphatic carbocycles. The summed E-state index contributed by atoms with van der Waals surface area (Å²) in [6.07, 6.45) is 4.96. The van der Waals surface area contributed by atoms with Gasteiger partial charge >= 0.3 is 0 Å². The first-order valence-corrected chi connectivity index (χ1v) is 9.32. The maximum Gasteiger partial charge on any atom is 0.144 e. The number of aromatic nitrogens is 2. The highest BCUT2D eigenvalue weighted by Gasteiger charge is 2.37. The van der Waals surface area contributed by atoms with Gasteiger partial charge in [0.1, 0.15) is 29.6 Å². The van der Waals surface area contributed by atoms with Gasteiger partial charge in [0.15, 0.2) is 0 Å². The molecule has 2 fully saturated rings. The zero-order valence-electron chi connectivity index (χ0n) is 14.3. The van der Waals surface area contributed by atoms with Crippen molar-refractivity contribution in [3.05, 3.63) is 47.4 Å². The predicted molar refractivity (Wildman–Crippen MR) is 95.1 cm³/mol. The molecule has 1 N–H and O–H groups in total. The van der Waals surface area contributed by atoms with Crippen LogP contribution in [0.25, 0.3) is 0 Å². The zero-order chi connectivity index (χ0) is 16.8. The average molecular weight is 337 g/mol. The number of aryl methyl sites for hydroxylation is 1. The molecule has 2 heterocycles. The third-order valence-electron chi connectivity index (χ3n) is 5.44. The summed E-state index contributed by atoms with van der Waals surface area (Å²) in [5.41, 5.74) is 2.52. The molecule has 2 atom stereocenters. The quantitative estimate of drug-likeness (QED) is 0.929. The van der Waals surface area contributed by atoms with Gasteiger partial charge in [0, 0.05) is 23.7 Å². The van der Waals surface area contributed by atoms with Crippen molar-refractivity contribution >= 4 is 5.82 Å². The van der Waals surface area contributed by atoms with Crippen molar-refractivity contribution in [2.75, 3.05) is 18.0 Å². The van der Waals surface area contributed by atoms with Crippen LogP contribution >= 0.6 is 0 Å². The van der Waals surface area contributed by atoms with Gasteiger partial charge in [-0.05, 0) is 44.2 Å². The van der Waals surface area contributed by atoms with Crippen molar-refractivity contribution in [3.63, 3.8) is 0 Å². The summed E-state index contributed by atoms with van der Waals surface area (Å²) >= 11 is 0. The lowest BCUT2D eigenvalue weighted by atomic mass is 10.2. The second-order valence-electron chi connectivity index (χ2n) is 7.40. The summed E-state index contributed by atoms with van der Waals surface area (Å²) in [6, 6.07) is 9.74. The average Bonchev–Trinajstić information content (AvgIpc) is 3.27.